The quantitative estimate of drug-likeness (QED) is 0.680. The highest BCUT2D eigenvalue weighted by Crippen LogP contribution is 2.24. The third kappa shape index (κ3) is 2.48. The molecule has 0 bridgehead atoms. The number of nitrogens with zero attached hydrogens (tertiary/aromatic N) is 1. The summed E-state index contributed by atoms with van der Waals surface area (Å²) in [7, 11) is 2.10. The van der Waals surface area contributed by atoms with Gasteiger partial charge < -0.3 is 5.32 Å². The van der Waals surface area contributed by atoms with Crippen LogP contribution in [0, 0.1) is 0 Å². The van der Waals surface area contributed by atoms with Gasteiger partial charge in [-0.2, -0.15) is 0 Å². The van der Waals surface area contributed by atoms with Gasteiger partial charge in [-0.3, -0.25) is 4.90 Å². The summed E-state index contributed by atoms with van der Waals surface area (Å²) in [4.78, 5) is 2.73. The van der Waals surface area contributed by atoms with Gasteiger partial charge in [0.15, 0.2) is 0 Å². The molecule has 14 heavy (non-hydrogen) atoms. The van der Waals surface area contributed by atoms with Crippen LogP contribution in [0.1, 0.15) is 44.9 Å². The molecule has 2 rings (SSSR count). The predicted octanol–water partition coefficient (Wildman–Crippen LogP) is 2.00. The summed E-state index contributed by atoms with van der Waals surface area (Å²) in [5.41, 5.74) is 0. The molecule has 0 aromatic rings. The molecular weight excluding hydrogens is 172 g/mol. The SMILES string of the molecule is CNC1CCN(C2CCCCCC2)C1. The molecule has 1 aliphatic heterocycles. The summed E-state index contributed by atoms with van der Waals surface area (Å²) in [5, 5.41) is 3.41. The lowest BCUT2D eigenvalue weighted by Crippen LogP contribution is -2.36. The molecule has 1 atom stereocenters. The molecule has 2 fully saturated rings. The van der Waals surface area contributed by atoms with Crippen molar-refractivity contribution < 1.29 is 0 Å². The topological polar surface area (TPSA) is 15.3 Å². The van der Waals surface area contributed by atoms with Crippen molar-refractivity contribution in [2.45, 2.75) is 57.0 Å². The fraction of sp³-hybridized carbons (Fsp3) is 1.00. The average molecular weight is 196 g/mol. The first-order valence-corrected chi connectivity index (χ1v) is 6.31. The summed E-state index contributed by atoms with van der Waals surface area (Å²) in [5.74, 6) is 0. The van der Waals surface area contributed by atoms with Crippen molar-refractivity contribution in [1.29, 1.82) is 0 Å². The maximum Gasteiger partial charge on any atom is 0.0204 e. The Morgan fingerprint density at radius 1 is 1.00 bits per heavy atom. The number of hydrogen-bond acceptors (Lipinski definition) is 2. The third-order valence-electron chi connectivity index (χ3n) is 3.97. The second kappa shape index (κ2) is 5.13. The predicted molar refractivity (Wildman–Crippen MR) is 60.5 cm³/mol. The van der Waals surface area contributed by atoms with Crippen molar-refractivity contribution in [1.82, 2.24) is 10.2 Å². The maximum atomic E-state index is 3.41. The molecule has 2 nitrogen and oxygen atoms in total. The second-order valence-electron chi connectivity index (χ2n) is 4.91. The van der Waals surface area contributed by atoms with E-state index in [4.69, 9.17) is 0 Å². The second-order valence-corrected chi connectivity index (χ2v) is 4.91. The van der Waals surface area contributed by atoms with E-state index in [1.807, 2.05) is 0 Å². The lowest BCUT2D eigenvalue weighted by atomic mass is 10.1. The van der Waals surface area contributed by atoms with Crippen LogP contribution in [0.25, 0.3) is 0 Å². The van der Waals surface area contributed by atoms with Crippen LogP contribution in [0.15, 0.2) is 0 Å². The fourth-order valence-corrected chi connectivity index (χ4v) is 2.98. The molecule has 82 valence electrons. The number of likely N-dealkylation sites (tertiary alicyclic amines) is 1. The van der Waals surface area contributed by atoms with Crippen molar-refractivity contribution >= 4 is 0 Å². The van der Waals surface area contributed by atoms with Crippen LogP contribution in [0.5, 0.6) is 0 Å². The van der Waals surface area contributed by atoms with Crippen LogP contribution in [0.3, 0.4) is 0 Å². The largest absolute Gasteiger partial charge is 0.316 e. The Morgan fingerprint density at radius 2 is 1.71 bits per heavy atom. The van der Waals surface area contributed by atoms with E-state index in [0.29, 0.717) is 0 Å². The lowest BCUT2D eigenvalue weighted by Gasteiger charge is -2.26. The van der Waals surface area contributed by atoms with Gasteiger partial charge >= 0.3 is 0 Å². The van der Waals surface area contributed by atoms with Crippen molar-refractivity contribution in [2.24, 2.45) is 0 Å². The zero-order chi connectivity index (χ0) is 9.80. The minimum Gasteiger partial charge on any atom is -0.316 e. The molecule has 1 aliphatic carbocycles. The average Bonchev–Trinajstić information content (AvgIpc) is 2.53. The molecule has 0 aromatic carbocycles. The van der Waals surface area contributed by atoms with E-state index < -0.39 is 0 Å². The minimum absolute atomic E-state index is 0.762. The van der Waals surface area contributed by atoms with Gasteiger partial charge in [0.05, 0.1) is 0 Å². The molecule has 0 aromatic heterocycles. The van der Waals surface area contributed by atoms with Gasteiger partial charge in [0, 0.05) is 25.2 Å². The number of nitrogens with one attached hydrogen (secondary N) is 1. The van der Waals surface area contributed by atoms with Crippen molar-refractivity contribution in [3.8, 4) is 0 Å². The Bertz CT molecular complexity index is 162. The number of hydrogen-bond donors (Lipinski definition) is 1. The monoisotopic (exact) mass is 196 g/mol. The zero-order valence-corrected chi connectivity index (χ0v) is 9.47. The molecule has 0 radical (unpaired) electrons. The highest BCUT2D eigenvalue weighted by Gasteiger charge is 2.27. The van der Waals surface area contributed by atoms with Crippen molar-refractivity contribution in [3.05, 3.63) is 0 Å². The van der Waals surface area contributed by atoms with E-state index in [1.165, 1.54) is 58.0 Å². The van der Waals surface area contributed by atoms with Gasteiger partial charge in [-0.1, -0.05) is 25.7 Å². The van der Waals surface area contributed by atoms with Crippen molar-refractivity contribution in [3.63, 3.8) is 0 Å². The van der Waals surface area contributed by atoms with Gasteiger partial charge in [0.25, 0.3) is 0 Å². The Balaban J connectivity index is 1.82. The smallest absolute Gasteiger partial charge is 0.0204 e. The molecule has 1 saturated heterocycles. The molecular formula is C12H24N2. The van der Waals surface area contributed by atoms with Crippen LogP contribution in [0.2, 0.25) is 0 Å². The Morgan fingerprint density at radius 3 is 2.29 bits per heavy atom. The first-order chi connectivity index (χ1) is 6.90. The first kappa shape index (κ1) is 10.4. The van der Waals surface area contributed by atoms with Crippen LogP contribution in [0.4, 0.5) is 0 Å². The van der Waals surface area contributed by atoms with Gasteiger partial charge in [-0.15, -0.1) is 0 Å². The van der Waals surface area contributed by atoms with E-state index in [2.05, 4.69) is 17.3 Å². The van der Waals surface area contributed by atoms with E-state index in [0.717, 1.165) is 12.1 Å². The fourth-order valence-electron chi connectivity index (χ4n) is 2.98. The number of likely N-dealkylation sites (N-methyl/N-ethyl adjacent to an activating group) is 1. The third-order valence-corrected chi connectivity index (χ3v) is 3.97. The van der Waals surface area contributed by atoms with Crippen LogP contribution in [-0.2, 0) is 0 Å². The molecule has 1 N–H and O–H groups in total. The standard InChI is InChI=1S/C12H24N2/c1-13-11-8-9-14(10-11)12-6-4-2-3-5-7-12/h11-13H,2-10H2,1H3. The summed E-state index contributed by atoms with van der Waals surface area (Å²) in [6.07, 6.45) is 10.1. The highest BCUT2D eigenvalue weighted by atomic mass is 15.2. The minimum atomic E-state index is 0.762. The zero-order valence-electron chi connectivity index (χ0n) is 9.47. The van der Waals surface area contributed by atoms with Gasteiger partial charge in [0.1, 0.15) is 0 Å². The van der Waals surface area contributed by atoms with Gasteiger partial charge in [-0.05, 0) is 26.3 Å². The normalized spacial score (nSPS) is 31.9. The molecule has 2 aliphatic rings. The molecule has 1 heterocycles. The summed E-state index contributed by atoms with van der Waals surface area (Å²) in [6, 6.07) is 1.68. The van der Waals surface area contributed by atoms with Gasteiger partial charge in [0.2, 0.25) is 0 Å². The summed E-state index contributed by atoms with van der Waals surface area (Å²) < 4.78 is 0. The Labute approximate surface area is 88.1 Å². The number of rotatable bonds is 2. The summed E-state index contributed by atoms with van der Waals surface area (Å²) in [6.45, 7) is 2.62. The van der Waals surface area contributed by atoms with E-state index in [1.54, 1.807) is 0 Å². The van der Waals surface area contributed by atoms with Crippen LogP contribution in [-0.4, -0.2) is 37.1 Å². The molecule has 1 saturated carbocycles. The van der Waals surface area contributed by atoms with Crippen LogP contribution >= 0.6 is 0 Å². The first-order valence-electron chi connectivity index (χ1n) is 6.31. The van der Waals surface area contributed by atoms with E-state index in [9.17, 15) is 0 Å². The Kier molecular flexibility index (Phi) is 3.82. The Hall–Kier alpha value is -0.0800. The summed E-state index contributed by atoms with van der Waals surface area (Å²) >= 11 is 0. The van der Waals surface area contributed by atoms with Gasteiger partial charge in [-0.25, -0.2) is 0 Å². The molecule has 1 unspecified atom stereocenters. The van der Waals surface area contributed by atoms with E-state index in [-0.39, 0.29) is 0 Å². The maximum absolute atomic E-state index is 3.41. The van der Waals surface area contributed by atoms with Crippen molar-refractivity contribution in [2.75, 3.05) is 20.1 Å². The molecule has 2 heteroatoms. The molecule has 0 amide bonds. The van der Waals surface area contributed by atoms with E-state index >= 15 is 0 Å². The van der Waals surface area contributed by atoms with Crippen LogP contribution < -0.4 is 5.32 Å². The lowest BCUT2D eigenvalue weighted by molar-refractivity contribution is 0.216. The molecule has 0 spiro atoms. The highest BCUT2D eigenvalue weighted by molar-refractivity contribution is 4.85.